The maximum atomic E-state index is 11.2. The van der Waals surface area contributed by atoms with Gasteiger partial charge in [-0.3, -0.25) is 14.9 Å². The molecule has 0 amide bonds. The number of ether oxygens (including phenoxy) is 1. The fourth-order valence-corrected chi connectivity index (χ4v) is 1.26. The standard InChI is InChI=1S/C10H11NO5/c1-16-10-5-7(2-3-9(10)13)4-8(12)6-11(14)15/h2-3,5,13H,4,6H2,1H3. The van der Waals surface area contributed by atoms with Gasteiger partial charge in [0.25, 0.3) is 6.54 Å². The Morgan fingerprint density at radius 1 is 1.56 bits per heavy atom. The second kappa shape index (κ2) is 5.11. The highest BCUT2D eigenvalue weighted by molar-refractivity contribution is 5.82. The van der Waals surface area contributed by atoms with Gasteiger partial charge >= 0.3 is 0 Å². The Labute approximate surface area is 91.6 Å². The van der Waals surface area contributed by atoms with Crippen LogP contribution in [0.5, 0.6) is 11.5 Å². The van der Waals surface area contributed by atoms with Crippen molar-refractivity contribution in [1.82, 2.24) is 0 Å². The molecule has 0 saturated carbocycles. The topological polar surface area (TPSA) is 89.7 Å². The van der Waals surface area contributed by atoms with Gasteiger partial charge in [-0.2, -0.15) is 0 Å². The molecule has 0 fully saturated rings. The Hall–Kier alpha value is -2.11. The van der Waals surface area contributed by atoms with Crippen LogP contribution in [0.25, 0.3) is 0 Å². The van der Waals surface area contributed by atoms with Gasteiger partial charge in [0.05, 0.1) is 7.11 Å². The van der Waals surface area contributed by atoms with Crippen LogP contribution in [0, 0.1) is 10.1 Å². The molecule has 0 aliphatic heterocycles. The molecule has 1 rings (SSSR count). The van der Waals surface area contributed by atoms with Crippen LogP contribution in [-0.4, -0.2) is 29.5 Å². The molecular formula is C10H11NO5. The van der Waals surface area contributed by atoms with Gasteiger partial charge in [-0.25, -0.2) is 0 Å². The van der Waals surface area contributed by atoms with E-state index in [9.17, 15) is 20.0 Å². The summed E-state index contributed by atoms with van der Waals surface area (Å²) in [6, 6.07) is 4.39. The van der Waals surface area contributed by atoms with Crippen molar-refractivity contribution in [3.63, 3.8) is 0 Å². The van der Waals surface area contributed by atoms with Crippen molar-refractivity contribution in [2.75, 3.05) is 13.7 Å². The van der Waals surface area contributed by atoms with Crippen LogP contribution in [-0.2, 0) is 11.2 Å². The number of hydrogen-bond acceptors (Lipinski definition) is 5. The predicted octanol–water partition coefficient (Wildman–Crippen LogP) is 0.789. The molecule has 6 nitrogen and oxygen atoms in total. The Morgan fingerprint density at radius 3 is 2.81 bits per heavy atom. The zero-order valence-corrected chi connectivity index (χ0v) is 8.67. The minimum atomic E-state index is -0.691. The zero-order valence-electron chi connectivity index (χ0n) is 8.67. The van der Waals surface area contributed by atoms with Gasteiger partial charge in [-0.05, 0) is 17.7 Å². The fraction of sp³-hybridized carbons (Fsp3) is 0.300. The summed E-state index contributed by atoms with van der Waals surface area (Å²) in [6.45, 7) is -0.691. The van der Waals surface area contributed by atoms with E-state index in [4.69, 9.17) is 4.74 Å². The highest BCUT2D eigenvalue weighted by Gasteiger charge is 2.11. The number of nitrogens with zero attached hydrogens (tertiary/aromatic N) is 1. The molecular weight excluding hydrogens is 214 g/mol. The van der Waals surface area contributed by atoms with Crippen LogP contribution in [0.3, 0.4) is 0 Å². The lowest BCUT2D eigenvalue weighted by atomic mass is 10.1. The average Bonchev–Trinajstić information content (AvgIpc) is 2.19. The van der Waals surface area contributed by atoms with Crippen molar-refractivity contribution in [2.24, 2.45) is 0 Å². The summed E-state index contributed by atoms with van der Waals surface area (Å²) in [5.74, 6) is -0.280. The number of phenols is 1. The van der Waals surface area contributed by atoms with Crippen molar-refractivity contribution in [1.29, 1.82) is 0 Å². The number of carbonyl (C=O) groups excluding carboxylic acids is 1. The Kier molecular flexibility index (Phi) is 3.82. The number of aromatic hydroxyl groups is 1. The first-order valence-corrected chi connectivity index (χ1v) is 4.52. The van der Waals surface area contributed by atoms with Gasteiger partial charge in [0.1, 0.15) is 0 Å². The molecule has 1 N–H and O–H groups in total. The van der Waals surface area contributed by atoms with Crippen LogP contribution >= 0.6 is 0 Å². The smallest absolute Gasteiger partial charge is 0.261 e. The summed E-state index contributed by atoms with van der Waals surface area (Å²) in [5.41, 5.74) is 0.571. The van der Waals surface area contributed by atoms with Crippen LogP contribution < -0.4 is 4.74 Å². The molecule has 0 saturated heterocycles. The number of Topliss-reactive ketones (excluding diaryl/α,β-unsaturated/α-hetero) is 1. The van der Waals surface area contributed by atoms with Gasteiger partial charge in [0, 0.05) is 11.3 Å². The molecule has 0 bridgehead atoms. The fourth-order valence-electron chi connectivity index (χ4n) is 1.26. The Balaban J connectivity index is 2.74. The van der Waals surface area contributed by atoms with Crippen molar-refractivity contribution in [3.8, 4) is 11.5 Å². The summed E-state index contributed by atoms with van der Waals surface area (Å²) in [4.78, 5) is 20.6. The highest BCUT2D eigenvalue weighted by atomic mass is 16.6. The SMILES string of the molecule is COc1cc(CC(=O)C[N+](=O)[O-])ccc1O. The predicted molar refractivity (Wildman–Crippen MR) is 55.2 cm³/mol. The van der Waals surface area contributed by atoms with Gasteiger partial charge in [-0.1, -0.05) is 6.07 Å². The van der Waals surface area contributed by atoms with Crippen molar-refractivity contribution >= 4 is 5.78 Å². The Bertz CT molecular complexity index is 416. The highest BCUT2D eigenvalue weighted by Crippen LogP contribution is 2.26. The van der Waals surface area contributed by atoms with Gasteiger partial charge in [0.15, 0.2) is 11.5 Å². The summed E-state index contributed by atoms with van der Waals surface area (Å²) in [7, 11) is 1.39. The van der Waals surface area contributed by atoms with E-state index < -0.39 is 17.3 Å². The molecule has 0 aromatic heterocycles. The van der Waals surface area contributed by atoms with Crippen LogP contribution in [0.2, 0.25) is 0 Å². The molecule has 16 heavy (non-hydrogen) atoms. The third-order valence-corrected chi connectivity index (χ3v) is 1.95. The summed E-state index contributed by atoms with van der Waals surface area (Å²) < 4.78 is 4.85. The van der Waals surface area contributed by atoms with Crippen molar-refractivity contribution < 1.29 is 19.6 Å². The Morgan fingerprint density at radius 2 is 2.25 bits per heavy atom. The number of benzene rings is 1. The van der Waals surface area contributed by atoms with E-state index in [1.54, 1.807) is 0 Å². The number of hydrogen-bond donors (Lipinski definition) is 1. The molecule has 6 heteroatoms. The second-order valence-corrected chi connectivity index (χ2v) is 3.21. The minimum Gasteiger partial charge on any atom is -0.504 e. The van der Waals surface area contributed by atoms with Crippen LogP contribution in [0.4, 0.5) is 0 Å². The van der Waals surface area contributed by atoms with Gasteiger partial charge in [0.2, 0.25) is 5.78 Å². The number of ketones is 1. The molecule has 0 heterocycles. The largest absolute Gasteiger partial charge is 0.504 e. The van der Waals surface area contributed by atoms with Crippen LogP contribution in [0.15, 0.2) is 18.2 Å². The summed E-state index contributed by atoms with van der Waals surface area (Å²) in [6.07, 6.45) is -0.0440. The molecule has 0 aliphatic carbocycles. The number of phenolic OH excluding ortho intramolecular Hbond substituents is 1. The van der Waals surface area contributed by atoms with E-state index in [0.29, 0.717) is 5.56 Å². The second-order valence-electron chi connectivity index (χ2n) is 3.21. The minimum absolute atomic E-state index is 0.0343. The summed E-state index contributed by atoms with van der Waals surface area (Å²) in [5, 5.41) is 19.4. The maximum Gasteiger partial charge on any atom is 0.261 e. The third-order valence-electron chi connectivity index (χ3n) is 1.95. The lowest BCUT2D eigenvalue weighted by Crippen LogP contribution is -2.15. The molecule has 0 unspecified atom stereocenters. The maximum absolute atomic E-state index is 11.2. The lowest BCUT2D eigenvalue weighted by molar-refractivity contribution is -0.467. The van der Waals surface area contributed by atoms with Gasteiger partial charge < -0.3 is 9.84 Å². The number of methoxy groups -OCH3 is 1. The van der Waals surface area contributed by atoms with E-state index in [1.165, 1.54) is 25.3 Å². The molecule has 0 spiro atoms. The molecule has 1 aromatic carbocycles. The molecule has 0 atom stereocenters. The van der Waals surface area contributed by atoms with E-state index in [1.807, 2.05) is 0 Å². The third kappa shape index (κ3) is 3.23. The first-order valence-electron chi connectivity index (χ1n) is 4.52. The normalized spacial score (nSPS) is 9.81. The molecule has 0 radical (unpaired) electrons. The van der Waals surface area contributed by atoms with E-state index >= 15 is 0 Å². The van der Waals surface area contributed by atoms with Crippen LogP contribution in [0.1, 0.15) is 5.56 Å². The van der Waals surface area contributed by atoms with E-state index in [-0.39, 0.29) is 17.9 Å². The monoisotopic (exact) mass is 225 g/mol. The zero-order chi connectivity index (χ0) is 12.1. The van der Waals surface area contributed by atoms with E-state index in [0.717, 1.165) is 0 Å². The number of rotatable bonds is 5. The van der Waals surface area contributed by atoms with Gasteiger partial charge in [-0.15, -0.1) is 0 Å². The molecule has 86 valence electrons. The first-order chi connectivity index (χ1) is 7.52. The van der Waals surface area contributed by atoms with Crippen molar-refractivity contribution in [3.05, 3.63) is 33.9 Å². The number of nitro groups is 1. The molecule has 0 aliphatic rings. The quantitative estimate of drug-likeness (QED) is 0.591. The average molecular weight is 225 g/mol. The van der Waals surface area contributed by atoms with E-state index in [2.05, 4.69) is 0 Å². The summed E-state index contributed by atoms with van der Waals surface area (Å²) >= 11 is 0. The molecule has 1 aromatic rings. The lowest BCUT2D eigenvalue weighted by Gasteiger charge is -2.05. The van der Waals surface area contributed by atoms with Crippen molar-refractivity contribution in [2.45, 2.75) is 6.42 Å². The number of carbonyl (C=O) groups is 1. The first kappa shape index (κ1) is 12.0.